The van der Waals surface area contributed by atoms with E-state index in [1.807, 2.05) is 12.2 Å². The minimum absolute atomic E-state index is 0.0144. The van der Waals surface area contributed by atoms with Crippen LogP contribution in [-0.2, 0) is 0 Å². The van der Waals surface area contributed by atoms with Gasteiger partial charge in [-0.15, -0.1) is 0 Å². The van der Waals surface area contributed by atoms with Gasteiger partial charge in [0.1, 0.15) is 5.75 Å². The molecule has 4 nitrogen and oxygen atoms in total. The fourth-order valence-electron chi connectivity index (χ4n) is 2.79. The molecule has 0 amide bonds. The summed E-state index contributed by atoms with van der Waals surface area (Å²) in [4.78, 5) is 27.8. The molecular weight excluding hydrogens is 314 g/mol. The van der Waals surface area contributed by atoms with E-state index in [9.17, 15) is 9.59 Å². The number of hydrogen-bond acceptors (Lipinski definition) is 3. The second-order valence-electron chi connectivity index (χ2n) is 5.83. The number of ether oxygens (including phenoxy) is 1. The van der Waals surface area contributed by atoms with Crippen molar-refractivity contribution in [1.82, 2.24) is 4.98 Å². The smallest absolute Gasteiger partial charge is 0.165 e. The Morgan fingerprint density at radius 1 is 1.24 bits per heavy atom. The number of H-pyrrole nitrogens is 1. The molecule has 0 bridgehead atoms. The summed E-state index contributed by atoms with van der Waals surface area (Å²) in [7, 11) is 1.57. The van der Waals surface area contributed by atoms with Crippen molar-refractivity contribution in [3.8, 4) is 17.6 Å². The fourth-order valence-corrected chi connectivity index (χ4v) is 2.79. The number of methoxy groups -OCH3 is 1. The van der Waals surface area contributed by atoms with Crippen LogP contribution in [0.3, 0.4) is 0 Å². The maximum absolute atomic E-state index is 12.5. The van der Waals surface area contributed by atoms with Crippen LogP contribution in [0.5, 0.6) is 5.75 Å². The van der Waals surface area contributed by atoms with Gasteiger partial charge in [0.25, 0.3) is 0 Å². The Morgan fingerprint density at radius 2 is 2.08 bits per heavy atom. The number of allylic oxidation sites excluding steroid dienone is 1. The van der Waals surface area contributed by atoms with Crippen LogP contribution in [0.4, 0.5) is 0 Å². The predicted octanol–water partition coefficient (Wildman–Crippen LogP) is 4.03. The Hall–Kier alpha value is -3.06. The molecule has 0 atom stereocenters. The molecule has 0 aliphatic heterocycles. The van der Waals surface area contributed by atoms with E-state index < -0.39 is 0 Å². The lowest BCUT2D eigenvalue weighted by atomic mass is 10.0. The second kappa shape index (κ2) is 7.67. The average Bonchev–Trinajstić information content (AvgIpc) is 2.90. The molecular formula is C21H19NO3. The SMILES string of the molecule is COc1cccc(C(=O)CCCC(=O)c2c[nH]c3c2C#CCC=C3)c1. The van der Waals surface area contributed by atoms with Gasteiger partial charge in [-0.25, -0.2) is 0 Å². The number of fused-ring (bicyclic) bond motifs is 1. The van der Waals surface area contributed by atoms with Crippen LogP contribution in [0, 0.1) is 11.8 Å². The molecule has 1 aliphatic rings. The number of nitrogens with one attached hydrogen (secondary N) is 1. The zero-order chi connectivity index (χ0) is 17.6. The minimum Gasteiger partial charge on any atom is -0.497 e. The van der Waals surface area contributed by atoms with Gasteiger partial charge in [0.2, 0.25) is 0 Å². The van der Waals surface area contributed by atoms with Gasteiger partial charge in [-0.1, -0.05) is 30.0 Å². The number of carbonyl (C=O) groups excluding carboxylic acids is 2. The van der Waals surface area contributed by atoms with Crippen LogP contribution in [0.2, 0.25) is 0 Å². The fraction of sp³-hybridized carbons (Fsp3) is 0.238. The van der Waals surface area contributed by atoms with E-state index in [0.717, 1.165) is 11.3 Å². The molecule has 0 fully saturated rings. The van der Waals surface area contributed by atoms with E-state index in [4.69, 9.17) is 4.74 Å². The summed E-state index contributed by atoms with van der Waals surface area (Å²) in [6.07, 6.45) is 7.47. The highest BCUT2D eigenvalue weighted by molar-refractivity contribution is 6.00. The van der Waals surface area contributed by atoms with Gasteiger partial charge in [-0.05, 0) is 24.6 Å². The van der Waals surface area contributed by atoms with Crippen molar-refractivity contribution in [2.45, 2.75) is 25.7 Å². The van der Waals surface area contributed by atoms with Crippen LogP contribution in [0.25, 0.3) is 6.08 Å². The molecule has 1 N–H and O–H groups in total. The Morgan fingerprint density at radius 3 is 2.92 bits per heavy atom. The highest BCUT2D eigenvalue weighted by Crippen LogP contribution is 2.20. The number of Topliss-reactive ketones (excluding diaryl/α,β-unsaturated/α-hetero) is 2. The largest absolute Gasteiger partial charge is 0.497 e. The molecule has 0 saturated heterocycles. The van der Waals surface area contributed by atoms with Crippen molar-refractivity contribution in [3.05, 3.63) is 58.9 Å². The van der Waals surface area contributed by atoms with Crippen LogP contribution >= 0.6 is 0 Å². The normalized spacial score (nSPS) is 11.9. The van der Waals surface area contributed by atoms with E-state index in [0.29, 0.717) is 42.6 Å². The van der Waals surface area contributed by atoms with Gasteiger partial charge in [-0.3, -0.25) is 9.59 Å². The first kappa shape index (κ1) is 16.8. The van der Waals surface area contributed by atoms with Crippen LogP contribution in [0.15, 0.2) is 36.5 Å². The molecule has 0 unspecified atom stereocenters. The van der Waals surface area contributed by atoms with Crippen molar-refractivity contribution in [3.63, 3.8) is 0 Å². The summed E-state index contributed by atoms with van der Waals surface area (Å²) >= 11 is 0. The summed E-state index contributed by atoms with van der Waals surface area (Å²) in [6.45, 7) is 0. The molecule has 2 aromatic rings. The van der Waals surface area contributed by atoms with Crippen LogP contribution in [-0.4, -0.2) is 23.7 Å². The summed E-state index contributed by atoms with van der Waals surface area (Å²) in [5.41, 5.74) is 2.86. The number of rotatable bonds is 7. The van der Waals surface area contributed by atoms with Crippen molar-refractivity contribution in [1.29, 1.82) is 0 Å². The first-order chi connectivity index (χ1) is 12.2. The molecule has 1 heterocycles. The number of benzene rings is 1. The molecule has 3 rings (SSSR count). The maximum Gasteiger partial charge on any atom is 0.165 e. The van der Waals surface area contributed by atoms with Crippen molar-refractivity contribution < 1.29 is 14.3 Å². The molecule has 126 valence electrons. The van der Waals surface area contributed by atoms with Gasteiger partial charge < -0.3 is 9.72 Å². The van der Waals surface area contributed by atoms with E-state index in [1.54, 1.807) is 37.6 Å². The molecule has 0 radical (unpaired) electrons. The second-order valence-corrected chi connectivity index (χ2v) is 5.83. The standard InChI is InChI=1S/C21H19NO3/c1-25-16-8-5-7-15(13-16)20(23)11-6-12-21(24)18-14-22-19-10-4-2-3-9-17(18)19/h4-5,7-8,10,13-14,22H,2,6,11-12H2,1H3. The molecule has 0 spiro atoms. The summed E-state index contributed by atoms with van der Waals surface area (Å²) < 4.78 is 5.13. The Bertz CT molecular complexity index is 893. The first-order valence-electron chi connectivity index (χ1n) is 8.26. The number of carbonyl (C=O) groups is 2. The van der Waals surface area contributed by atoms with Crippen molar-refractivity contribution in [2.75, 3.05) is 7.11 Å². The maximum atomic E-state index is 12.5. The zero-order valence-electron chi connectivity index (χ0n) is 14.1. The molecule has 1 aromatic carbocycles. The molecule has 4 heteroatoms. The lowest BCUT2D eigenvalue weighted by Gasteiger charge is -2.04. The van der Waals surface area contributed by atoms with E-state index in [1.165, 1.54) is 0 Å². The highest BCUT2D eigenvalue weighted by Gasteiger charge is 2.16. The lowest BCUT2D eigenvalue weighted by Crippen LogP contribution is -2.04. The van der Waals surface area contributed by atoms with Gasteiger partial charge >= 0.3 is 0 Å². The summed E-state index contributed by atoms with van der Waals surface area (Å²) in [5.74, 6) is 6.75. The Labute approximate surface area is 146 Å². The average molecular weight is 333 g/mol. The van der Waals surface area contributed by atoms with E-state index in [2.05, 4.69) is 16.8 Å². The predicted molar refractivity (Wildman–Crippen MR) is 96.8 cm³/mol. The van der Waals surface area contributed by atoms with Crippen LogP contribution < -0.4 is 4.74 Å². The van der Waals surface area contributed by atoms with Gasteiger partial charge in [0.15, 0.2) is 11.6 Å². The number of aromatic amines is 1. The van der Waals surface area contributed by atoms with E-state index >= 15 is 0 Å². The number of ketones is 2. The third-order valence-electron chi connectivity index (χ3n) is 4.13. The Balaban J connectivity index is 1.59. The topological polar surface area (TPSA) is 59.2 Å². The molecule has 1 aliphatic carbocycles. The summed E-state index contributed by atoms with van der Waals surface area (Å²) in [5, 5.41) is 0. The number of aromatic nitrogens is 1. The summed E-state index contributed by atoms with van der Waals surface area (Å²) in [6, 6.07) is 7.07. The van der Waals surface area contributed by atoms with Crippen molar-refractivity contribution >= 4 is 17.6 Å². The van der Waals surface area contributed by atoms with Gasteiger partial charge in [0, 0.05) is 31.0 Å². The van der Waals surface area contributed by atoms with Gasteiger partial charge in [0.05, 0.1) is 23.9 Å². The van der Waals surface area contributed by atoms with Gasteiger partial charge in [-0.2, -0.15) is 0 Å². The van der Waals surface area contributed by atoms with Crippen LogP contribution in [0.1, 0.15) is 57.7 Å². The van der Waals surface area contributed by atoms with E-state index in [-0.39, 0.29) is 11.6 Å². The number of hydrogen-bond donors (Lipinski definition) is 1. The highest BCUT2D eigenvalue weighted by atomic mass is 16.5. The first-order valence-corrected chi connectivity index (χ1v) is 8.26. The quantitative estimate of drug-likeness (QED) is 0.615. The molecule has 0 saturated carbocycles. The molecule has 25 heavy (non-hydrogen) atoms. The lowest BCUT2D eigenvalue weighted by molar-refractivity contribution is 0.0957. The molecule has 1 aromatic heterocycles. The third kappa shape index (κ3) is 3.89. The third-order valence-corrected chi connectivity index (χ3v) is 4.13. The minimum atomic E-state index is 0.0144. The van der Waals surface area contributed by atoms with Crippen molar-refractivity contribution in [2.24, 2.45) is 0 Å². The monoisotopic (exact) mass is 333 g/mol. The zero-order valence-corrected chi connectivity index (χ0v) is 14.1. The Kier molecular flexibility index (Phi) is 5.15.